The molecule has 0 radical (unpaired) electrons. The third kappa shape index (κ3) is 3.83. The van der Waals surface area contributed by atoms with Crippen LogP contribution in [0.3, 0.4) is 0 Å². The standard InChI is InChI=1S/C17H14N4O5/c1-11-8-15(19-26-11)18-17(23)13-4-7-16(22)20(10-13)9-12-2-5-14(6-3-12)21(24)25/h2-8,10H,9H2,1H3,(H,18,19,23). The van der Waals surface area contributed by atoms with Gasteiger partial charge in [-0.05, 0) is 18.6 Å². The van der Waals surface area contributed by atoms with Crippen LogP contribution in [0.25, 0.3) is 0 Å². The minimum absolute atomic E-state index is 0.0304. The zero-order valence-electron chi connectivity index (χ0n) is 13.7. The molecule has 0 spiro atoms. The highest BCUT2D eigenvalue weighted by Gasteiger charge is 2.11. The summed E-state index contributed by atoms with van der Waals surface area (Å²) in [5.74, 6) is 0.403. The van der Waals surface area contributed by atoms with E-state index in [0.717, 1.165) is 0 Å². The Hall–Kier alpha value is -3.75. The fourth-order valence-electron chi connectivity index (χ4n) is 2.32. The SMILES string of the molecule is Cc1cc(NC(=O)c2ccc(=O)n(Cc3ccc([N+](=O)[O-])cc3)c2)no1. The number of rotatable bonds is 5. The number of aromatic nitrogens is 2. The molecule has 0 fully saturated rings. The van der Waals surface area contributed by atoms with Crippen LogP contribution in [0, 0.1) is 17.0 Å². The molecule has 0 atom stereocenters. The van der Waals surface area contributed by atoms with Crippen LogP contribution in [0.5, 0.6) is 0 Å². The molecule has 0 aliphatic rings. The number of aryl methyl sites for hydroxylation is 1. The Bertz CT molecular complexity index is 1020. The Balaban J connectivity index is 1.79. The van der Waals surface area contributed by atoms with Crippen LogP contribution in [0.2, 0.25) is 0 Å². The number of nitrogens with one attached hydrogen (secondary N) is 1. The van der Waals surface area contributed by atoms with E-state index in [4.69, 9.17) is 4.52 Å². The molecule has 26 heavy (non-hydrogen) atoms. The van der Waals surface area contributed by atoms with Gasteiger partial charge in [0.1, 0.15) is 5.76 Å². The number of hydrogen-bond donors (Lipinski definition) is 1. The quantitative estimate of drug-likeness (QED) is 0.555. The Labute approximate surface area is 147 Å². The molecule has 9 heteroatoms. The van der Waals surface area contributed by atoms with Crippen LogP contribution in [-0.4, -0.2) is 20.6 Å². The average Bonchev–Trinajstić information content (AvgIpc) is 3.02. The zero-order chi connectivity index (χ0) is 18.7. The Morgan fingerprint density at radius 3 is 2.62 bits per heavy atom. The van der Waals surface area contributed by atoms with Gasteiger partial charge >= 0.3 is 0 Å². The first-order chi connectivity index (χ1) is 12.4. The maximum Gasteiger partial charge on any atom is 0.269 e. The molecule has 0 aliphatic heterocycles. The van der Waals surface area contributed by atoms with Gasteiger partial charge < -0.3 is 14.4 Å². The molecule has 2 heterocycles. The number of anilines is 1. The number of pyridine rings is 1. The number of nitro groups is 1. The number of nitrogens with zero attached hydrogens (tertiary/aromatic N) is 3. The summed E-state index contributed by atoms with van der Waals surface area (Å²) in [5, 5.41) is 16.9. The van der Waals surface area contributed by atoms with E-state index in [2.05, 4.69) is 10.5 Å². The normalized spacial score (nSPS) is 10.5. The van der Waals surface area contributed by atoms with Gasteiger partial charge in [-0.1, -0.05) is 17.3 Å². The molecule has 1 aromatic carbocycles. The predicted molar refractivity (Wildman–Crippen MR) is 92.1 cm³/mol. The maximum atomic E-state index is 12.3. The van der Waals surface area contributed by atoms with E-state index in [1.54, 1.807) is 25.1 Å². The van der Waals surface area contributed by atoms with Crippen molar-refractivity contribution in [3.05, 3.63) is 86.0 Å². The van der Waals surface area contributed by atoms with Crippen molar-refractivity contribution in [3.63, 3.8) is 0 Å². The highest BCUT2D eigenvalue weighted by molar-refractivity contribution is 6.03. The average molecular weight is 354 g/mol. The van der Waals surface area contributed by atoms with Gasteiger partial charge in [0.2, 0.25) is 0 Å². The first-order valence-electron chi connectivity index (χ1n) is 7.61. The van der Waals surface area contributed by atoms with Gasteiger partial charge in [0.25, 0.3) is 17.2 Å². The van der Waals surface area contributed by atoms with Crippen molar-refractivity contribution in [3.8, 4) is 0 Å². The predicted octanol–water partition coefficient (Wildman–Crippen LogP) is 2.35. The summed E-state index contributed by atoms with van der Waals surface area (Å²) in [6.45, 7) is 1.88. The van der Waals surface area contributed by atoms with Crippen molar-refractivity contribution in [2.24, 2.45) is 0 Å². The lowest BCUT2D eigenvalue weighted by molar-refractivity contribution is -0.384. The number of amides is 1. The van der Waals surface area contributed by atoms with Gasteiger partial charge in [-0.2, -0.15) is 0 Å². The fraction of sp³-hybridized carbons (Fsp3) is 0.118. The van der Waals surface area contributed by atoms with Crippen LogP contribution in [0.15, 0.2) is 58.0 Å². The summed E-state index contributed by atoms with van der Waals surface area (Å²) < 4.78 is 6.23. The number of nitro benzene ring substituents is 1. The van der Waals surface area contributed by atoms with Gasteiger partial charge in [0.05, 0.1) is 17.0 Å². The molecule has 0 bridgehead atoms. The molecule has 3 aromatic rings. The molecule has 132 valence electrons. The van der Waals surface area contributed by atoms with E-state index >= 15 is 0 Å². The first kappa shape index (κ1) is 17.1. The topological polar surface area (TPSA) is 120 Å². The second kappa shape index (κ2) is 7.01. The molecule has 0 saturated carbocycles. The summed E-state index contributed by atoms with van der Waals surface area (Å²) >= 11 is 0. The van der Waals surface area contributed by atoms with Crippen molar-refractivity contribution >= 4 is 17.4 Å². The van der Waals surface area contributed by atoms with Crippen LogP contribution in [0.4, 0.5) is 11.5 Å². The maximum absolute atomic E-state index is 12.3. The number of carbonyl (C=O) groups is 1. The molecule has 0 aliphatic carbocycles. The monoisotopic (exact) mass is 354 g/mol. The van der Waals surface area contributed by atoms with Crippen LogP contribution in [-0.2, 0) is 6.54 Å². The third-order valence-electron chi connectivity index (χ3n) is 3.62. The van der Waals surface area contributed by atoms with Crippen molar-refractivity contribution in [2.45, 2.75) is 13.5 Å². The van der Waals surface area contributed by atoms with E-state index in [1.165, 1.54) is 35.0 Å². The van der Waals surface area contributed by atoms with E-state index in [-0.39, 0.29) is 29.2 Å². The number of hydrogen-bond acceptors (Lipinski definition) is 6. The fourth-order valence-corrected chi connectivity index (χ4v) is 2.32. The van der Waals surface area contributed by atoms with Gasteiger partial charge in [0, 0.05) is 30.5 Å². The zero-order valence-corrected chi connectivity index (χ0v) is 13.7. The van der Waals surface area contributed by atoms with Gasteiger partial charge in [-0.3, -0.25) is 19.7 Å². The van der Waals surface area contributed by atoms with Crippen LogP contribution >= 0.6 is 0 Å². The van der Waals surface area contributed by atoms with E-state index in [0.29, 0.717) is 11.3 Å². The van der Waals surface area contributed by atoms with Crippen molar-refractivity contribution < 1.29 is 14.2 Å². The Morgan fingerprint density at radius 1 is 1.27 bits per heavy atom. The molecule has 3 rings (SSSR count). The Kier molecular flexibility index (Phi) is 4.61. The van der Waals surface area contributed by atoms with Gasteiger partial charge in [-0.15, -0.1) is 0 Å². The van der Waals surface area contributed by atoms with Crippen molar-refractivity contribution in [2.75, 3.05) is 5.32 Å². The van der Waals surface area contributed by atoms with E-state index in [9.17, 15) is 19.7 Å². The summed E-state index contributed by atoms with van der Waals surface area (Å²) in [6, 6.07) is 10.1. The smallest absolute Gasteiger partial charge is 0.269 e. The highest BCUT2D eigenvalue weighted by atomic mass is 16.6. The van der Waals surface area contributed by atoms with Crippen molar-refractivity contribution in [1.29, 1.82) is 0 Å². The van der Waals surface area contributed by atoms with Crippen LogP contribution < -0.4 is 10.9 Å². The molecular formula is C17H14N4O5. The molecule has 9 nitrogen and oxygen atoms in total. The molecule has 0 saturated heterocycles. The minimum Gasteiger partial charge on any atom is -0.360 e. The second-order valence-corrected chi connectivity index (χ2v) is 5.58. The largest absolute Gasteiger partial charge is 0.360 e. The summed E-state index contributed by atoms with van der Waals surface area (Å²) in [5.41, 5.74) is 0.642. The molecule has 0 unspecified atom stereocenters. The summed E-state index contributed by atoms with van der Waals surface area (Å²) in [7, 11) is 0. The summed E-state index contributed by atoms with van der Waals surface area (Å²) in [6.07, 6.45) is 1.42. The van der Waals surface area contributed by atoms with Crippen molar-refractivity contribution in [1.82, 2.24) is 9.72 Å². The third-order valence-corrected chi connectivity index (χ3v) is 3.62. The lowest BCUT2D eigenvalue weighted by Crippen LogP contribution is -2.22. The lowest BCUT2D eigenvalue weighted by atomic mass is 10.2. The van der Waals surface area contributed by atoms with Crippen LogP contribution in [0.1, 0.15) is 21.7 Å². The first-order valence-corrected chi connectivity index (χ1v) is 7.61. The molecule has 2 aromatic heterocycles. The number of benzene rings is 1. The van der Waals surface area contributed by atoms with Gasteiger partial charge in [0.15, 0.2) is 5.82 Å². The minimum atomic E-state index is -0.494. The molecule has 1 N–H and O–H groups in total. The molecule has 1 amide bonds. The second-order valence-electron chi connectivity index (χ2n) is 5.58. The Morgan fingerprint density at radius 2 is 2.00 bits per heavy atom. The highest BCUT2D eigenvalue weighted by Crippen LogP contribution is 2.13. The lowest BCUT2D eigenvalue weighted by Gasteiger charge is -2.08. The summed E-state index contributed by atoms with van der Waals surface area (Å²) in [4.78, 5) is 34.5. The molecular weight excluding hydrogens is 340 g/mol. The van der Waals surface area contributed by atoms with Gasteiger partial charge in [-0.25, -0.2) is 0 Å². The van der Waals surface area contributed by atoms with E-state index in [1.807, 2.05) is 0 Å². The number of non-ortho nitro benzene ring substituents is 1. The van der Waals surface area contributed by atoms with E-state index < -0.39 is 10.8 Å². The number of carbonyl (C=O) groups excluding carboxylic acids is 1.